The number of halogens is 2. The van der Waals surface area contributed by atoms with E-state index >= 15 is 0 Å². The molecule has 0 saturated carbocycles. The Bertz CT molecular complexity index is 1130. The molecule has 2 aromatic carbocycles. The first kappa shape index (κ1) is 20.7. The van der Waals surface area contributed by atoms with Gasteiger partial charge in [-0.05, 0) is 36.2 Å². The largest absolute Gasteiger partial charge is 0.497 e. The summed E-state index contributed by atoms with van der Waals surface area (Å²) in [7, 11) is -1.54. The van der Waals surface area contributed by atoms with Gasteiger partial charge in [-0.2, -0.15) is 8.78 Å². The van der Waals surface area contributed by atoms with Crippen molar-refractivity contribution in [2.24, 2.45) is 0 Å². The van der Waals surface area contributed by atoms with Crippen LogP contribution in [0, 0.1) is 0 Å². The van der Waals surface area contributed by atoms with Gasteiger partial charge in [-0.25, -0.2) is 13.4 Å². The predicted octanol–water partition coefficient (Wildman–Crippen LogP) is 3.63. The fraction of sp³-hybridized carbons (Fsp3) is 0.381. The van der Waals surface area contributed by atoms with Gasteiger partial charge in [0.25, 0.3) is 0 Å². The molecule has 0 bridgehead atoms. The van der Waals surface area contributed by atoms with E-state index in [0.29, 0.717) is 29.7 Å². The van der Waals surface area contributed by atoms with Gasteiger partial charge in [0.05, 0.1) is 36.2 Å². The second-order valence-corrected chi connectivity index (χ2v) is 9.70. The van der Waals surface area contributed by atoms with Crippen LogP contribution in [0.2, 0.25) is 0 Å². The van der Waals surface area contributed by atoms with E-state index in [2.05, 4.69) is 4.98 Å². The summed E-state index contributed by atoms with van der Waals surface area (Å²) >= 11 is 0. The van der Waals surface area contributed by atoms with Crippen LogP contribution < -0.4 is 4.74 Å². The van der Waals surface area contributed by atoms with Crippen molar-refractivity contribution in [3.8, 4) is 5.75 Å². The van der Waals surface area contributed by atoms with Crippen molar-refractivity contribution in [3.05, 3.63) is 59.9 Å². The lowest BCUT2D eigenvalue weighted by atomic mass is 10.1. The molecule has 9 heteroatoms. The maximum absolute atomic E-state index is 13.8. The Morgan fingerprint density at radius 3 is 2.53 bits per heavy atom. The van der Waals surface area contributed by atoms with Gasteiger partial charge in [-0.3, -0.25) is 9.47 Å². The van der Waals surface area contributed by atoms with Gasteiger partial charge in [-0.15, -0.1) is 0 Å². The lowest BCUT2D eigenvalue weighted by Crippen LogP contribution is -2.36. The molecular weight excluding hydrogens is 412 g/mol. The minimum Gasteiger partial charge on any atom is -0.497 e. The van der Waals surface area contributed by atoms with Crippen molar-refractivity contribution >= 4 is 20.9 Å². The van der Waals surface area contributed by atoms with Crippen molar-refractivity contribution < 1.29 is 21.9 Å². The van der Waals surface area contributed by atoms with E-state index in [0.717, 1.165) is 10.1 Å². The first-order chi connectivity index (χ1) is 14.4. The van der Waals surface area contributed by atoms with Crippen LogP contribution >= 0.6 is 0 Å². The van der Waals surface area contributed by atoms with Gasteiger partial charge in [0.2, 0.25) is 0 Å². The molecule has 2 heterocycles. The number of ether oxygens (including phenoxy) is 1. The quantitative estimate of drug-likeness (QED) is 0.567. The number of methoxy groups -OCH3 is 1. The van der Waals surface area contributed by atoms with Gasteiger partial charge in [0, 0.05) is 12.6 Å². The van der Waals surface area contributed by atoms with Crippen LogP contribution in [0.15, 0.2) is 48.5 Å². The number of benzene rings is 2. The molecule has 160 valence electrons. The first-order valence-corrected chi connectivity index (χ1v) is 11.5. The minimum absolute atomic E-state index is 0.0259. The first-order valence-electron chi connectivity index (χ1n) is 9.68. The highest BCUT2D eigenvalue weighted by molar-refractivity contribution is 7.91. The smallest absolute Gasteiger partial charge is 0.320 e. The minimum atomic E-state index is -3.12. The third-order valence-corrected chi connectivity index (χ3v) is 7.23. The molecule has 1 atom stereocenters. The monoisotopic (exact) mass is 435 g/mol. The summed E-state index contributed by atoms with van der Waals surface area (Å²) in [5.74, 6) is 1.08. The molecule has 1 unspecified atom stereocenters. The molecule has 0 N–H and O–H groups in total. The summed E-state index contributed by atoms with van der Waals surface area (Å²) in [6, 6.07) is 14.0. The predicted molar refractivity (Wildman–Crippen MR) is 110 cm³/mol. The number of fused-ring (bicyclic) bond motifs is 1. The molecule has 1 aliphatic rings. The SMILES string of the molecule is COc1ccc(CN(Cc2nc3ccccc3n2C(F)F)C2CCS(=O)(=O)C2)cc1. The molecule has 1 saturated heterocycles. The number of rotatable bonds is 7. The van der Waals surface area contributed by atoms with E-state index in [4.69, 9.17) is 4.74 Å². The van der Waals surface area contributed by atoms with Crippen molar-refractivity contribution in [1.82, 2.24) is 14.5 Å². The number of alkyl halides is 2. The molecular formula is C21H23F2N3O3S. The van der Waals surface area contributed by atoms with Crippen LogP contribution in [0.25, 0.3) is 11.0 Å². The van der Waals surface area contributed by atoms with E-state index in [1.807, 2.05) is 29.2 Å². The van der Waals surface area contributed by atoms with E-state index in [1.165, 1.54) is 0 Å². The molecule has 1 aliphatic heterocycles. The summed E-state index contributed by atoms with van der Waals surface area (Å²) in [5.41, 5.74) is 1.81. The number of nitrogens with zero attached hydrogens (tertiary/aromatic N) is 3. The second-order valence-electron chi connectivity index (χ2n) is 7.47. The summed E-state index contributed by atoms with van der Waals surface area (Å²) in [4.78, 5) is 6.36. The molecule has 0 aliphatic carbocycles. The number of hydrogen-bond acceptors (Lipinski definition) is 5. The molecule has 0 amide bonds. The molecule has 4 rings (SSSR count). The Morgan fingerprint density at radius 2 is 1.90 bits per heavy atom. The molecule has 1 fully saturated rings. The number of para-hydroxylation sites is 2. The summed E-state index contributed by atoms with van der Waals surface area (Å²) < 4.78 is 57.9. The topological polar surface area (TPSA) is 64.4 Å². The summed E-state index contributed by atoms with van der Waals surface area (Å²) in [5, 5.41) is 0. The lowest BCUT2D eigenvalue weighted by molar-refractivity contribution is 0.0664. The molecule has 6 nitrogen and oxygen atoms in total. The van der Waals surface area contributed by atoms with Crippen molar-refractivity contribution in [3.63, 3.8) is 0 Å². The van der Waals surface area contributed by atoms with Crippen molar-refractivity contribution in [2.75, 3.05) is 18.6 Å². The Hall–Kier alpha value is -2.52. The highest BCUT2D eigenvalue weighted by Crippen LogP contribution is 2.27. The third-order valence-electron chi connectivity index (χ3n) is 5.48. The standard InChI is InChI=1S/C21H23F2N3O3S/c1-29-17-8-6-15(7-9-17)12-25(16-10-11-30(27,28)14-16)13-20-24-18-4-2-3-5-19(18)26(20)21(22)23/h2-9,16,21H,10-14H2,1H3. The van der Waals surface area contributed by atoms with E-state index in [9.17, 15) is 17.2 Å². The fourth-order valence-electron chi connectivity index (χ4n) is 3.95. The van der Waals surface area contributed by atoms with Crippen LogP contribution in [0.3, 0.4) is 0 Å². The van der Waals surface area contributed by atoms with Crippen LogP contribution in [0.1, 0.15) is 24.4 Å². The highest BCUT2D eigenvalue weighted by Gasteiger charge is 2.33. The van der Waals surface area contributed by atoms with Crippen LogP contribution in [0.4, 0.5) is 8.78 Å². The average Bonchev–Trinajstić information content (AvgIpc) is 3.27. The van der Waals surface area contributed by atoms with Gasteiger partial charge in [0.1, 0.15) is 11.6 Å². The van der Waals surface area contributed by atoms with Gasteiger partial charge in [0.15, 0.2) is 9.84 Å². The molecule has 0 spiro atoms. The van der Waals surface area contributed by atoms with E-state index in [-0.39, 0.29) is 29.9 Å². The Kier molecular flexibility index (Phi) is 5.75. The third kappa shape index (κ3) is 4.32. The average molecular weight is 435 g/mol. The Morgan fingerprint density at radius 1 is 1.17 bits per heavy atom. The second kappa shape index (κ2) is 8.31. The molecule has 1 aromatic heterocycles. The Balaban J connectivity index is 1.67. The number of sulfone groups is 1. The number of imidazole rings is 1. The van der Waals surface area contributed by atoms with Crippen LogP contribution in [-0.2, 0) is 22.9 Å². The Labute approximate surface area is 174 Å². The van der Waals surface area contributed by atoms with Gasteiger partial charge >= 0.3 is 6.55 Å². The van der Waals surface area contributed by atoms with Crippen LogP contribution in [0.5, 0.6) is 5.75 Å². The zero-order valence-electron chi connectivity index (χ0n) is 16.5. The zero-order valence-corrected chi connectivity index (χ0v) is 17.4. The maximum Gasteiger partial charge on any atom is 0.320 e. The van der Waals surface area contributed by atoms with Gasteiger partial charge in [-0.1, -0.05) is 24.3 Å². The van der Waals surface area contributed by atoms with Crippen molar-refractivity contribution in [1.29, 1.82) is 0 Å². The van der Waals surface area contributed by atoms with E-state index < -0.39 is 16.4 Å². The summed E-state index contributed by atoms with van der Waals surface area (Å²) in [6.45, 7) is -2.18. The number of hydrogen-bond donors (Lipinski definition) is 0. The zero-order chi connectivity index (χ0) is 21.3. The lowest BCUT2D eigenvalue weighted by Gasteiger charge is -2.28. The van der Waals surface area contributed by atoms with Crippen LogP contribution in [-0.4, -0.2) is 47.5 Å². The normalized spacial score (nSPS) is 18.5. The highest BCUT2D eigenvalue weighted by atomic mass is 32.2. The molecule has 30 heavy (non-hydrogen) atoms. The van der Waals surface area contributed by atoms with Gasteiger partial charge < -0.3 is 4.74 Å². The van der Waals surface area contributed by atoms with Crippen molar-refractivity contribution in [2.45, 2.75) is 32.1 Å². The fourth-order valence-corrected chi connectivity index (χ4v) is 5.71. The van der Waals surface area contributed by atoms with E-state index in [1.54, 1.807) is 31.4 Å². The summed E-state index contributed by atoms with van der Waals surface area (Å²) in [6.07, 6.45) is 0.480. The molecule has 0 radical (unpaired) electrons. The number of aromatic nitrogens is 2. The molecule has 3 aromatic rings. The maximum atomic E-state index is 13.8.